The molecular formula is C24H19ClFN5O5. The van der Waals surface area contributed by atoms with E-state index in [9.17, 15) is 18.8 Å². The molecule has 184 valence electrons. The largest absolute Gasteiger partial charge is 0.481 e. The number of nitrogens with one attached hydrogen (secondary N) is 1. The fourth-order valence-corrected chi connectivity index (χ4v) is 3.34. The molecule has 4 aromatic rings. The van der Waals surface area contributed by atoms with Crippen molar-refractivity contribution in [1.29, 1.82) is 0 Å². The van der Waals surface area contributed by atoms with Crippen LogP contribution in [-0.4, -0.2) is 30.2 Å². The molecule has 0 saturated heterocycles. The Labute approximate surface area is 208 Å². The first kappa shape index (κ1) is 24.6. The van der Waals surface area contributed by atoms with Crippen LogP contribution in [0, 0.1) is 5.82 Å². The average Bonchev–Trinajstić information content (AvgIpc) is 2.85. The molecule has 10 nitrogen and oxygen atoms in total. The highest BCUT2D eigenvalue weighted by atomic mass is 35.5. The van der Waals surface area contributed by atoms with Crippen molar-refractivity contribution in [3.63, 3.8) is 0 Å². The van der Waals surface area contributed by atoms with Crippen molar-refractivity contribution >= 4 is 29.2 Å². The maximum atomic E-state index is 13.1. The van der Waals surface area contributed by atoms with E-state index in [1.807, 2.05) is 0 Å². The number of benzene rings is 2. The van der Waals surface area contributed by atoms with Crippen molar-refractivity contribution in [3.05, 3.63) is 104 Å². The van der Waals surface area contributed by atoms with E-state index >= 15 is 0 Å². The molecule has 0 aliphatic heterocycles. The van der Waals surface area contributed by atoms with Crippen molar-refractivity contribution < 1.29 is 19.0 Å². The molecule has 0 unspecified atom stereocenters. The first-order valence-electron chi connectivity index (χ1n) is 10.6. The number of pyridine rings is 1. The predicted molar refractivity (Wildman–Crippen MR) is 130 cm³/mol. The number of rotatable bonds is 9. The zero-order chi connectivity index (χ0) is 25.7. The smallest absolute Gasteiger partial charge is 0.354 e. The number of halogens is 2. The third kappa shape index (κ3) is 6.13. The standard InChI is InChI=1S/C24H19ClFN5O5/c25-16-3-1-15(2-4-16)14-31-22(29-23(34)30(24(31)35)12-11-21(32)33)28-18-6-8-19(9-7-18)36-20-10-5-17(26)13-27-20/h1-10,13H,11-12,14H2,(H,32,33)(H,28,29,34). The average molecular weight is 512 g/mol. The number of carboxylic acids is 1. The molecule has 0 fully saturated rings. The second-order valence-electron chi connectivity index (χ2n) is 7.57. The van der Waals surface area contributed by atoms with Gasteiger partial charge in [-0.15, -0.1) is 0 Å². The Morgan fingerprint density at radius 1 is 1.03 bits per heavy atom. The fourth-order valence-electron chi connectivity index (χ4n) is 3.22. The topological polar surface area (TPSA) is 128 Å². The van der Waals surface area contributed by atoms with Crippen LogP contribution in [0.3, 0.4) is 0 Å². The number of carboxylic acid groups (broad SMARTS) is 1. The zero-order valence-electron chi connectivity index (χ0n) is 18.6. The summed E-state index contributed by atoms with van der Waals surface area (Å²) in [6.07, 6.45) is 0.629. The highest BCUT2D eigenvalue weighted by Crippen LogP contribution is 2.23. The van der Waals surface area contributed by atoms with E-state index in [0.29, 0.717) is 22.0 Å². The lowest BCUT2D eigenvalue weighted by atomic mass is 10.2. The summed E-state index contributed by atoms with van der Waals surface area (Å²) in [7, 11) is 0. The van der Waals surface area contributed by atoms with Crippen LogP contribution in [0.25, 0.3) is 0 Å². The van der Waals surface area contributed by atoms with E-state index < -0.39 is 29.6 Å². The second kappa shape index (κ2) is 10.8. The van der Waals surface area contributed by atoms with Crippen molar-refractivity contribution in [2.75, 3.05) is 5.32 Å². The van der Waals surface area contributed by atoms with Crippen LogP contribution in [0.4, 0.5) is 16.0 Å². The minimum atomic E-state index is -1.15. The van der Waals surface area contributed by atoms with Gasteiger partial charge in [-0.3, -0.25) is 9.36 Å². The molecule has 2 aromatic heterocycles. The monoisotopic (exact) mass is 511 g/mol. The van der Waals surface area contributed by atoms with Crippen LogP contribution in [-0.2, 0) is 17.9 Å². The molecule has 2 aromatic carbocycles. The lowest BCUT2D eigenvalue weighted by Crippen LogP contribution is -2.43. The minimum Gasteiger partial charge on any atom is -0.481 e. The van der Waals surface area contributed by atoms with Gasteiger partial charge >= 0.3 is 17.3 Å². The van der Waals surface area contributed by atoms with Crippen LogP contribution >= 0.6 is 11.6 Å². The predicted octanol–water partition coefficient (Wildman–Crippen LogP) is 3.65. The van der Waals surface area contributed by atoms with Gasteiger partial charge in [0.25, 0.3) is 0 Å². The second-order valence-corrected chi connectivity index (χ2v) is 8.01. The lowest BCUT2D eigenvalue weighted by Gasteiger charge is -2.16. The van der Waals surface area contributed by atoms with Gasteiger partial charge < -0.3 is 15.2 Å². The zero-order valence-corrected chi connectivity index (χ0v) is 19.4. The van der Waals surface area contributed by atoms with Crippen molar-refractivity contribution in [2.45, 2.75) is 19.5 Å². The molecule has 0 bridgehead atoms. The Morgan fingerprint density at radius 3 is 2.39 bits per heavy atom. The first-order chi connectivity index (χ1) is 17.3. The third-order valence-electron chi connectivity index (χ3n) is 4.99. The SMILES string of the molecule is O=C(O)CCn1c(=O)nc(Nc2ccc(Oc3ccc(F)cn3)cc2)n(Cc2ccc(Cl)cc2)c1=O. The third-order valence-corrected chi connectivity index (χ3v) is 5.24. The molecule has 0 atom stereocenters. The van der Waals surface area contributed by atoms with Gasteiger partial charge in [0.05, 0.1) is 19.2 Å². The number of aliphatic carboxylic acids is 1. The summed E-state index contributed by atoms with van der Waals surface area (Å²) in [6.45, 7) is -0.263. The lowest BCUT2D eigenvalue weighted by molar-refractivity contribution is -0.137. The van der Waals surface area contributed by atoms with E-state index in [1.54, 1.807) is 48.5 Å². The number of carbonyl (C=O) groups is 1. The van der Waals surface area contributed by atoms with E-state index in [2.05, 4.69) is 15.3 Å². The number of aromatic nitrogens is 4. The van der Waals surface area contributed by atoms with Gasteiger partial charge in [-0.05, 0) is 48.0 Å². The summed E-state index contributed by atoms with van der Waals surface area (Å²) in [5.41, 5.74) is -0.381. The van der Waals surface area contributed by atoms with Crippen molar-refractivity contribution in [3.8, 4) is 11.6 Å². The van der Waals surface area contributed by atoms with Gasteiger partial charge in [0, 0.05) is 23.3 Å². The molecule has 0 radical (unpaired) electrons. The van der Waals surface area contributed by atoms with Crippen molar-refractivity contribution in [1.82, 2.24) is 19.1 Å². The van der Waals surface area contributed by atoms with E-state index in [0.717, 1.165) is 10.8 Å². The molecule has 0 amide bonds. The summed E-state index contributed by atoms with van der Waals surface area (Å²) < 4.78 is 20.6. The van der Waals surface area contributed by atoms with Gasteiger partial charge in [-0.2, -0.15) is 4.98 Å². The summed E-state index contributed by atoms with van der Waals surface area (Å²) in [6, 6.07) is 15.9. The number of hydrogen-bond acceptors (Lipinski definition) is 7. The molecule has 0 spiro atoms. The maximum Gasteiger partial charge on any atom is 0.354 e. The van der Waals surface area contributed by atoms with Crippen LogP contribution < -0.4 is 21.4 Å². The quantitative estimate of drug-likeness (QED) is 0.348. The maximum absolute atomic E-state index is 13.1. The van der Waals surface area contributed by atoms with Crippen LogP contribution in [0.5, 0.6) is 11.6 Å². The normalized spacial score (nSPS) is 10.7. The molecule has 0 saturated carbocycles. The molecule has 36 heavy (non-hydrogen) atoms. The molecule has 0 aliphatic carbocycles. The Hall–Kier alpha value is -4.51. The van der Waals surface area contributed by atoms with Crippen LogP contribution in [0.2, 0.25) is 5.02 Å². The summed E-state index contributed by atoms with van der Waals surface area (Å²) in [4.78, 5) is 44.5. The Bertz CT molecular complexity index is 1490. The Balaban J connectivity index is 1.63. The minimum absolute atomic E-state index is 0.0274. The Kier molecular flexibility index (Phi) is 7.40. The fraction of sp³-hybridized carbons (Fsp3) is 0.125. The highest BCUT2D eigenvalue weighted by Gasteiger charge is 2.15. The molecule has 2 heterocycles. The van der Waals surface area contributed by atoms with Gasteiger partial charge in [0.1, 0.15) is 11.6 Å². The highest BCUT2D eigenvalue weighted by molar-refractivity contribution is 6.30. The molecular weight excluding hydrogens is 493 g/mol. The van der Waals surface area contributed by atoms with Gasteiger partial charge in [0.2, 0.25) is 11.8 Å². The number of ether oxygens (including phenoxy) is 1. The van der Waals surface area contributed by atoms with E-state index in [4.69, 9.17) is 21.4 Å². The number of anilines is 2. The molecule has 12 heteroatoms. The van der Waals surface area contributed by atoms with E-state index in [1.165, 1.54) is 16.7 Å². The molecule has 0 aliphatic rings. The van der Waals surface area contributed by atoms with E-state index in [-0.39, 0.29) is 24.9 Å². The first-order valence-corrected chi connectivity index (χ1v) is 11.0. The molecule has 4 rings (SSSR count). The Morgan fingerprint density at radius 2 is 1.75 bits per heavy atom. The van der Waals surface area contributed by atoms with Crippen LogP contribution in [0.1, 0.15) is 12.0 Å². The number of nitrogens with zero attached hydrogens (tertiary/aromatic N) is 4. The van der Waals surface area contributed by atoms with Gasteiger partial charge in [-0.25, -0.2) is 23.5 Å². The van der Waals surface area contributed by atoms with Gasteiger partial charge in [0.15, 0.2) is 0 Å². The number of hydrogen-bond donors (Lipinski definition) is 2. The summed E-state index contributed by atoms with van der Waals surface area (Å²) in [5, 5.41) is 12.4. The summed E-state index contributed by atoms with van der Waals surface area (Å²) in [5.74, 6) is -1.02. The molecule has 2 N–H and O–H groups in total. The van der Waals surface area contributed by atoms with Crippen molar-refractivity contribution in [2.24, 2.45) is 0 Å². The van der Waals surface area contributed by atoms with Gasteiger partial charge in [-0.1, -0.05) is 23.7 Å². The van der Waals surface area contributed by atoms with Crippen LogP contribution in [0.15, 0.2) is 76.4 Å². The summed E-state index contributed by atoms with van der Waals surface area (Å²) >= 11 is 5.95.